The molecule has 1 aliphatic rings. The van der Waals surface area contributed by atoms with Crippen molar-refractivity contribution >= 4 is 17.5 Å². The van der Waals surface area contributed by atoms with E-state index in [9.17, 15) is 9.59 Å². The van der Waals surface area contributed by atoms with Crippen LogP contribution in [0.2, 0.25) is 0 Å². The molecule has 0 aliphatic carbocycles. The minimum atomic E-state index is -0.459. The number of benzene rings is 1. The molecular weight excluding hydrogens is 246 g/mol. The summed E-state index contributed by atoms with van der Waals surface area (Å²) in [6, 6.07) is 7.01. The summed E-state index contributed by atoms with van der Waals surface area (Å²) in [7, 11) is 0. The van der Waals surface area contributed by atoms with Gasteiger partial charge < -0.3 is 21.1 Å². The number of anilines is 1. The van der Waals surface area contributed by atoms with Gasteiger partial charge in [-0.2, -0.15) is 0 Å². The fraction of sp³-hybridized carbons (Fsp3) is 0.385. The van der Waals surface area contributed by atoms with E-state index in [1.54, 1.807) is 24.3 Å². The molecule has 1 aromatic rings. The summed E-state index contributed by atoms with van der Waals surface area (Å²) in [6.45, 7) is 1.83. The minimum Gasteiger partial charge on any atom is -0.369 e. The topological polar surface area (TPSA) is 93.5 Å². The number of hydrogen-bond acceptors (Lipinski definition) is 4. The Balaban J connectivity index is 1.91. The first-order valence-electron chi connectivity index (χ1n) is 6.15. The highest BCUT2D eigenvalue weighted by atomic mass is 16.5. The van der Waals surface area contributed by atoms with Gasteiger partial charge in [-0.15, -0.1) is 0 Å². The van der Waals surface area contributed by atoms with Crippen LogP contribution in [0.3, 0.4) is 0 Å². The maximum Gasteiger partial charge on any atom is 0.254 e. The second kappa shape index (κ2) is 6.31. The molecule has 0 aromatic heterocycles. The number of carbonyl (C=O) groups excluding carboxylic acids is 2. The summed E-state index contributed by atoms with van der Waals surface area (Å²) < 4.78 is 5.35. The van der Waals surface area contributed by atoms with Gasteiger partial charge in [0.05, 0.1) is 13.0 Å². The van der Waals surface area contributed by atoms with Crippen LogP contribution < -0.4 is 16.4 Å². The Kier molecular flexibility index (Phi) is 4.48. The van der Waals surface area contributed by atoms with Crippen LogP contribution in [0.1, 0.15) is 5.56 Å². The number of rotatable bonds is 4. The Morgan fingerprint density at radius 3 is 2.68 bits per heavy atom. The Morgan fingerprint density at radius 1 is 1.37 bits per heavy atom. The molecule has 1 saturated heterocycles. The molecule has 1 heterocycles. The Morgan fingerprint density at radius 2 is 2.11 bits per heavy atom. The van der Waals surface area contributed by atoms with Gasteiger partial charge in [-0.05, 0) is 17.7 Å². The molecule has 6 nitrogen and oxygen atoms in total. The van der Waals surface area contributed by atoms with Gasteiger partial charge in [0.2, 0.25) is 5.91 Å². The zero-order valence-corrected chi connectivity index (χ0v) is 10.5. The molecule has 1 fully saturated rings. The van der Waals surface area contributed by atoms with Crippen molar-refractivity contribution in [1.82, 2.24) is 5.32 Å². The fourth-order valence-electron chi connectivity index (χ4n) is 1.86. The van der Waals surface area contributed by atoms with Crippen molar-refractivity contribution in [3.63, 3.8) is 0 Å². The van der Waals surface area contributed by atoms with Crippen LogP contribution in [-0.4, -0.2) is 37.6 Å². The van der Waals surface area contributed by atoms with Crippen molar-refractivity contribution in [2.24, 2.45) is 5.73 Å². The molecule has 19 heavy (non-hydrogen) atoms. The first-order valence-corrected chi connectivity index (χ1v) is 6.15. The number of carbonyl (C=O) groups is 2. The molecule has 4 N–H and O–H groups in total. The van der Waals surface area contributed by atoms with E-state index in [0.717, 1.165) is 12.1 Å². The Bertz CT molecular complexity index is 453. The standard InChI is InChI=1S/C13H17N3O3/c14-12(17)7-9-1-3-10(4-2-9)16-13(18)11-8-15-5-6-19-11/h1-4,11,15H,5-8H2,(H2,14,17)(H,16,18). The zero-order chi connectivity index (χ0) is 13.7. The summed E-state index contributed by atoms with van der Waals surface area (Å²) in [5, 5.41) is 5.87. The van der Waals surface area contributed by atoms with Gasteiger partial charge in [0, 0.05) is 18.8 Å². The third-order valence-corrected chi connectivity index (χ3v) is 2.82. The predicted octanol–water partition coefficient (Wildman–Crippen LogP) is -0.359. The lowest BCUT2D eigenvalue weighted by Gasteiger charge is -2.22. The van der Waals surface area contributed by atoms with Gasteiger partial charge in [0.15, 0.2) is 0 Å². The van der Waals surface area contributed by atoms with E-state index in [-0.39, 0.29) is 18.2 Å². The maximum atomic E-state index is 11.9. The van der Waals surface area contributed by atoms with Gasteiger partial charge in [-0.1, -0.05) is 12.1 Å². The Hall–Kier alpha value is -1.92. The molecule has 0 spiro atoms. The van der Waals surface area contributed by atoms with Gasteiger partial charge in [-0.3, -0.25) is 9.59 Å². The molecular formula is C13H17N3O3. The van der Waals surface area contributed by atoms with Gasteiger partial charge in [0.1, 0.15) is 6.10 Å². The minimum absolute atomic E-state index is 0.171. The van der Waals surface area contributed by atoms with E-state index in [1.807, 2.05) is 0 Å². The molecule has 1 aliphatic heterocycles. The molecule has 102 valence electrons. The molecule has 2 rings (SSSR count). The number of amides is 2. The van der Waals surface area contributed by atoms with E-state index < -0.39 is 6.10 Å². The van der Waals surface area contributed by atoms with Gasteiger partial charge in [-0.25, -0.2) is 0 Å². The van der Waals surface area contributed by atoms with Crippen molar-refractivity contribution in [3.05, 3.63) is 29.8 Å². The van der Waals surface area contributed by atoms with Gasteiger partial charge in [0.25, 0.3) is 5.91 Å². The first-order chi connectivity index (χ1) is 9.15. The van der Waals surface area contributed by atoms with Crippen molar-refractivity contribution < 1.29 is 14.3 Å². The summed E-state index contributed by atoms with van der Waals surface area (Å²) in [5.41, 5.74) is 6.60. The highest BCUT2D eigenvalue weighted by molar-refractivity contribution is 5.94. The molecule has 6 heteroatoms. The van der Waals surface area contributed by atoms with Crippen LogP contribution in [0.5, 0.6) is 0 Å². The van der Waals surface area contributed by atoms with Crippen LogP contribution in [0, 0.1) is 0 Å². The lowest BCUT2D eigenvalue weighted by atomic mass is 10.1. The van der Waals surface area contributed by atoms with Crippen LogP contribution in [-0.2, 0) is 20.7 Å². The van der Waals surface area contributed by atoms with E-state index in [1.165, 1.54) is 0 Å². The molecule has 1 atom stereocenters. The first kappa shape index (κ1) is 13.5. The van der Waals surface area contributed by atoms with E-state index in [4.69, 9.17) is 10.5 Å². The van der Waals surface area contributed by atoms with Crippen molar-refractivity contribution in [1.29, 1.82) is 0 Å². The van der Waals surface area contributed by atoms with Crippen molar-refractivity contribution in [3.8, 4) is 0 Å². The van der Waals surface area contributed by atoms with Crippen LogP contribution in [0.15, 0.2) is 24.3 Å². The second-order valence-electron chi connectivity index (χ2n) is 4.39. The van der Waals surface area contributed by atoms with Crippen LogP contribution in [0.25, 0.3) is 0 Å². The lowest BCUT2D eigenvalue weighted by molar-refractivity contribution is -0.128. The van der Waals surface area contributed by atoms with E-state index in [2.05, 4.69) is 10.6 Å². The highest BCUT2D eigenvalue weighted by Gasteiger charge is 2.21. The summed E-state index contributed by atoms with van der Waals surface area (Å²) in [5.74, 6) is -0.548. The highest BCUT2D eigenvalue weighted by Crippen LogP contribution is 2.11. The largest absolute Gasteiger partial charge is 0.369 e. The molecule has 2 amide bonds. The second-order valence-corrected chi connectivity index (χ2v) is 4.39. The average Bonchev–Trinajstić information content (AvgIpc) is 2.41. The normalized spacial score (nSPS) is 18.8. The number of nitrogens with two attached hydrogens (primary N) is 1. The number of morpholine rings is 1. The summed E-state index contributed by atoms with van der Waals surface area (Å²) in [4.78, 5) is 22.6. The smallest absolute Gasteiger partial charge is 0.254 e. The zero-order valence-electron chi connectivity index (χ0n) is 10.5. The third kappa shape index (κ3) is 4.04. The number of nitrogens with one attached hydrogen (secondary N) is 2. The predicted molar refractivity (Wildman–Crippen MR) is 70.6 cm³/mol. The van der Waals surface area contributed by atoms with Crippen molar-refractivity contribution in [2.75, 3.05) is 25.0 Å². The molecule has 1 aromatic carbocycles. The average molecular weight is 263 g/mol. The third-order valence-electron chi connectivity index (χ3n) is 2.82. The monoisotopic (exact) mass is 263 g/mol. The van der Waals surface area contributed by atoms with E-state index in [0.29, 0.717) is 18.8 Å². The summed E-state index contributed by atoms with van der Waals surface area (Å²) >= 11 is 0. The van der Waals surface area contributed by atoms with Crippen molar-refractivity contribution in [2.45, 2.75) is 12.5 Å². The lowest BCUT2D eigenvalue weighted by Crippen LogP contribution is -2.45. The maximum absolute atomic E-state index is 11.9. The van der Waals surface area contributed by atoms with Crippen LogP contribution >= 0.6 is 0 Å². The molecule has 0 radical (unpaired) electrons. The molecule has 0 bridgehead atoms. The number of primary amides is 1. The Labute approximate surface area is 111 Å². The van der Waals surface area contributed by atoms with Crippen LogP contribution in [0.4, 0.5) is 5.69 Å². The SMILES string of the molecule is NC(=O)Cc1ccc(NC(=O)C2CNCCO2)cc1. The quantitative estimate of drug-likeness (QED) is 0.691. The van der Waals surface area contributed by atoms with E-state index >= 15 is 0 Å². The summed E-state index contributed by atoms with van der Waals surface area (Å²) in [6.07, 6.45) is -0.261. The fourth-order valence-corrected chi connectivity index (χ4v) is 1.86. The van der Waals surface area contributed by atoms with Gasteiger partial charge >= 0.3 is 0 Å². The molecule has 1 unspecified atom stereocenters. The molecule has 0 saturated carbocycles. The number of hydrogen-bond donors (Lipinski definition) is 3. The number of ether oxygens (including phenoxy) is 1.